The quantitative estimate of drug-likeness (QED) is 0.737. The smallest absolute Gasteiger partial charge is 0.258 e. The molecular formula is C19H18N4O3S. The number of nitrogens with one attached hydrogen (secondary N) is 1. The van der Waals surface area contributed by atoms with E-state index in [0.717, 1.165) is 12.1 Å². The lowest BCUT2D eigenvalue weighted by atomic mass is 9.78. The zero-order valence-electron chi connectivity index (χ0n) is 15.2. The fourth-order valence-corrected chi connectivity index (χ4v) is 4.13. The fraction of sp³-hybridized carbons (Fsp3) is 0.316. The highest BCUT2D eigenvalue weighted by molar-refractivity contribution is 7.17. The average molecular weight is 382 g/mol. The molecule has 4 rings (SSSR count). The highest BCUT2D eigenvalue weighted by Gasteiger charge is 2.34. The van der Waals surface area contributed by atoms with E-state index in [1.54, 1.807) is 31.2 Å². The predicted octanol–water partition coefficient (Wildman–Crippen LogP) is 3.91. The number of benzene rings is 1. The summed E-state index contributed by atoms with van der Waals surface area (Å²) in [6, 6.07) is 7.00. The SMILES string of the molecule is Cc1nnc(-c2ccccc2C(=O)Nc2nc3c(s2)C(=O)CC(C)(C)C3)o1. The molecule has 0 saturated carbocycles. The summed E-state index contributed by atoms with van der Waals surface area (Å²) in [7, 11) is 0. The van der Waals surface area contributed by atoms with Crippen LogP contribution in [0.3, 0.4) is 0 Å². The van der Waals surface area contributed by atoms with E-state index in [9.17, 15) is 9.59 Å². The number of carbonyl (C=O) groups is 2. The number of Topliss-reactive ketones (excluding diaryl/α,β-unsaturated/α-hetero) is 1. The first-order valence-corrected chi connectivity index (χ1v) is 9.38. The number of rotatable bonds is 3. The second-order valence-corrected chi connectivity index (χ2v) is 8.36. The monoisotopic (exact) mass is 382 g/mol. The molecule has 138 valence electrons. The van der Waals surface area contributed by atoms with Gasteiger partial charge in [0.25, 0.3) is 5.91 Å². The van der Waals surface area contributed by atoms with Gasteiger partial charge in [-0.05, 0) is 24.0 Å². The average Bonchev–Trinajstić information content (AvgIpc) is 3.20. The molecule has 0 saturated heterocycles. The van der Waals surface area contributed by atoms with Crippen LogP contribution >= 0.6 is 11.3 Å². The van der Waals surface area contributed by atoms with Gasteiger partial charge in [-0.15, -0.1) is 10.2 Å². The Morgan fingerprint density at radius 2 is 2.00 bits per heavy atom. The summed E-state index contributed by atoms with van der Waals surface area (Å²) >= 11 is 1.23. The Balaban J connectivity index is 1.62. The van der Waals surface area contributed by atoms with Crippen LogP contribution in [0.2, 0.25) is 0 Å². The number of fused-ring (bicyclic) bond motifs is 1. The van der Waals surface area contributed by atoms with Crippen molar-refractivity contribution in [3.05, 3.63) is 46.3 Å². The molecule has 1 aromatic carbocycles. The van der Waals surface area contributed by atoms with Crippen LogP contribution in [0.4, 0.5) is 5.13 Å². The minimum absolute atomic E-state index is 0.0842. The summed E-state index contributed by atoms with van der Waals surface area (Å²) in [5.74, 6) is 0.461. The molecule has 2 heterocycles. The molecule has 0 radical (unpaired) electrons. The van der Waals surface area contributed by atoms with Crippen molar-refractivity contribution in [2.45, 2.75) is 33.6 Å². The zero-order chi connectivity index (χ0) is 19.2. The lowest BCUT2D eigenvalue weighted by molar-refractivity contribution is 0.0915. The Morgan fingerprint density at radius 3 is 2.74 bits per heavy atom. The minimum Gasteiger partial charge on any atom is -0.421 e. The van der Waals surface area contributed by atoms with E-state index in [4.69, 9.17) is 4.42 Å². The molecule has 1 N–H and O–H groups in total. The van der Waals surface area contributed by atoms with Gasteiger partial charge in [0.2, 0.25) is 11.8 Å². The summed E-state index contributed by atoms with van der Waals surface area (Å²) in [6.45, 7) is 5.79. The highest BCUT2D eigenvalue weighted by atomic mass is 32.1. The third-order valence-electron chi connectivity index (χ3n) is 4.38. The molecule has 7 nitrogen and oxygen atoms in total. The number of thiazole rings is 1. The Morgan fingerprint density at radius 1 is 1.22 bits per heavy atom. The van der Waals surface area contributed by atoms with Crippen molar-refractivity contribution in [1.29, 1.82) is 0 Å². The summed E-state index contributed by atoms with van der Waals surface area (Å²) < 4.78 is 5.45. The van der Waals surface area contributed by atoms with Gasteiger partial charge in [-0.2, -0.15) is 0 Å². The van der Waals surface area contributed by atoms with Crippen LogP contribution in [0, 0.1) is 12.3 Å². The van der Waals surface area contributed by atoms with Crippen LogP contribution in [0.5, 0.6) is 0 Å². The lowest BCUT2D eigenvalue weighted by Gasteiger charge is -2.26. The van der Waals surface area contributed by atoms with Gasteiger partial charge in [0.1, 0.15) is 0 Å². The number of ketones is 1. The number of hydrogen-bond donors (Lipinski definition) is 1. The second-order valence-electron chi connectivity index (χ2n) is 7.36. The molecule has 27 heavy (non-hydrogen) atoms. The maximum absolute atomic E-state index is 12.8. The first-order valence-electron chi connectivity index (χ1n) is 8.56. The van der Waals surface area contributed by atoms with Crippen molar-refractivity contribution in [3.63, 3.8) is 0 Å². The molecule has 8 heteroatoms. The first kappa shape index (κ1) is 17.5. The molecule has 0 aliphatic heterocycles. The van der Waals surface area contributed by atoms with Crippen LogP contribution in [0.25, 0.3) is 11.5 Å². The molecule has 0 bridgehead atoms. The van der Waals surface area contributed by atoms with Crippen LogP contribution in [0.1, 0.15) is 51.9 Å². The van der Waals surface area contributed by atoms with E-state index in [0.29, 0.717) is 33.4 Å². The molecule has 3 aromatic rings. The number of carbonyl (C=O) groups excluding carboxylic acids is 2. The molecule has 1 aliphatic rings. The number of anilines is 1. The Labute approximate surface area is 159 Å². The van der Waals surface area contributed by atoms with E-state index < -0.39 is 0 Å². The Hall–Kier alpha value is -2.87. The van der Waals surface area contributed by atoms with Gasteiger partial charge in [0, 0.05) is 13.3 Å². The van der Waals surface area contributed by atoms with Crippen molar-refractivity contribution in [3.8, 4) is 11.5 Å². The number of nitrogens with zero attached hydrogens (tertiary/aromatic N) is 3. The summed E-state index contributed by atoms with van der Waals surface area (Å²) in [4.78, 5) is 30.3. The summed E-state index contributed by atoms with van der Waals surface area (Å²) in [6.07, 6.45) is 1.22. The van der Waals surface area contributed by atoms with Gasteiger partial charge < -0.3 is 4.42 Å². The number of amides is 1. The van der Waals surface area contributed by atoms with Crippen molar-refractivity contribution >= 4 is 28.2 Å². The van der Waals surface area contributed by atoms with Crippen LogP contribution < -0.4 is 5.32 Å². The summed E-state index contributed by atoms with van der Waals surface area (Å²) in [5, 5.41) is 11.0. The molecule has 1 amide bonds. The van der Waals surface area contributed by atoms with Gasteiger partial charge in [-0.1, -0.05) is 37.3 Å². The minimum atomic E-state index is -0.334. The molecule has 0 fully saturated rings. The molecule has 0 spiro atoms. The molecular weight excluding hydrogens is 364 g/mol. The number of hydrogen-bond acceptors (Lipinski definition) is 7. The first-order chi connectivity index (χ1) is 12.8. The molecule has 1 aliphatic carbocycles. The second kappa shape index (κ2) is 6.38. The van der Waals surface area contributed by atoms with Crippen molar-refractivity contribution < 1.29 is 14.0 Å². The third kappa shape index (κ3) is 3.40. The summed E-state index contributed by atoms with van der Waals surface area (Å²) in [5.41, 5.74) is 1.61. The molecule has 2 aromatic heterocycles. The van der Waals surface area contributed by atoms with E-state index >= 15 is 0 Å². The fourth-order valence-electron chi connectivity index (χ4n) is 3.21. The highest BCUT2D eigenvalue weighted by Crippen LogP contribution is 2.38. The van der Waals surface area contributed by atoms with Crippen molar-refractivity contribution in [2.75, 3.05) is 5.32 Å². The largest absolute Gasteiger partial charge is 0.421 e. The van der Waals surface area contributed by atoms with Gasteiger partial charge in [0.05, 0.1) is 21.7 Å². The number of aromatic nitrogens is 3. The Bertz CT molecular complexity index is 1050. The van der Waals surface area contributed by atoms with Gasteiger partial charge in [-0.3, -0.25) is 14.9 Å². The van der Waals surface area contributed by atoms with Gasteiger partial charge in [-0.25, -0.2) is 4.98 Å². The predicted molar refractivity (Wildman–Crippen MR) is 101 cm³/mol. The maximum atomic E-state index is 12.8. The van der Waals surface area contributed by atoms with Gasteiger partial charge in [0.15, 0.2) is 10.9 Å². The number of aryl methyl sites for hydroxylation is 1. The normalized spacial score (nSPS) is 15.4. The maximum Gasteiger partial charge on any atom is 0.258 e. The van der Waals surface area contributed by atoms with E-state index in [1.807, 2.05) is 13.8 Å². The van der Waals surface area contributed by atoms with Crippen molar-refractivity contribution in [1.82, 2.24) is 15.2 Å². The van der Waals surface area contributed by atoms with Crippen LogP contribution in [0.15, 0.2) is 28.7 Å². The molecule has 0 unspecified atom stereocenters. The Kier molecular flexibility index (Phi) is 4.15. The third-order valence-corrected chi connectivity index (χ3v) is 5.44. The van der Waals surface area contributed by atoms with Crippen molar-refractivity contribution in [2.24, 2.45) is 5.41 Å². The zero-order valence-corrected chi connectivity index (χ0v) is 16.0. The molecule has 0 atom stereocenters. The van der Waals surface area contributed by atoms with E-state index in [-0.39, 0.29) is 23.0 Å². The van der Waals surface area contributed by atoms with E-state index in [1.165, 1.54) is 11.3 Å². The topological polar surface area (TPSA) is 98.0 Å². The van der Waals surface area contributed by atoms with Crippen LogP contribution in [-0.4, -0.2) is 26.9 Å². The van der Waals surface area contributed by atoms with E-state index in [2.05, 4.69) is 20.5 Å². The van der Waals surface area contributed by atoms with Crippen LogP contribution in [-0.2, 0) is 6.42 Å². The standard InChI is InChI=1S/C19H18N4O3S/c1-10-22-23-17(26-10)12-7-5-4-6-11(12)16(25)21-18-20-13-8-19(2,3)9-14(24)15(13)27-18/h4-7H,8-9H2,1-3H3,(H,20,21,25). The lowest BCUT2D eigenvalue weighted by Crippen LogP contribution is -2.26. The van der Waals surface area contributed by atoms with Gasteiger partial charge >= 0.3 is 0 Å².